The van der Waals surface area contributed by atoms with Crippen molar-refractivity contribution in [2.45, 2.75) is 62.2 Å². The van der Waals surface area contributed by atoms with Gasteiger partial charge in [-0.2, -0.15) is 15.2 Å². The van der Waals surface area contributed by atoms with Gasteiger partial charge in [0.1, 0.15) is 18.5 Å². The number of hydrogen-bond acceptors (Lipinski definition) is 8. The fraction of sp³-hybridized carbons (Fsp3) is 0.516. The van der Waals surface area contributed by atoms with Crippen LogP contribution in [0, 0.1) is 11.3 Å². The molecule has 10 nitrogen and oxygen atoms in total. The lowest BCUT2D eigenvalue weighted by atomic mass is 9.65. The predicted octanol–water partition coefficient (Wildman–Crippen LogP) is 2.78. The molecule has 1 spiro atoms. The van der Waals surface area contributed by atoms with Crippen molar-refractivity contribution in [2.24, 2.45) is 0 Å². The molecular formula is C31H36FN7O3. The number of nitriles is 1. The van der Waals surface area contributed by atoms with Gasteiger partial charge < -0.3 is 19.9 Å². The fourth-order valence-electron chi connectivity index (χ4n) is 7.07. The number of halogens is 1. The number of rotatable bonds is 6. The van der Waals surface area contributed by atoms with Crippen LogP contribution in [0.25, 0.3) is 0 Å². The first kappa shape index (κ1) is 28.1. The van der Waals surface area contributed by atoms with Crippen LogP contribution in [0.3, 0.4) is 0 Å². The van der Waals surface area contributed by atoms with E-state index in [0.29, 0.717) is 62.6 Å². The molecular weight excluding hydrogens is 537 g/mol. The molecule has 1 aromatic carbocycles. The Morgan fingerprint density at radius 1 is 1.29 bits per heavy atom. The van der Waals surface area contributed by atoms with Crippen LogP contribution in [0.5, 0.6) is 6.01 Å². The van der Waals surface area contributed by atoms with Gasteiger partial charge in [0.05, 0.1) is 29.6 Å². The molecule has 1 N–H and O–H groups in total. The summed E-state index contributed by atoms with van der Waals surface area (Å²) >= 11 is 0. The highest BCUT2D eigenvalue weighted by atomic mass is 19.1. The number of nitrogens with one attached hydrogen (secondary N) is 1. The van der Waals surface area contributed by atoms with E-state index in [-0.39, 0.29) is 42.9 Å². The van der Waals surface area contributed by atoms with E-state index in [9.17, 15) is 19.2 Å². The Labute approximate surface area is 245 Å². The van der Waals surface area contributed by atoms with Crippen LogP contribution >= 0.6 is 0 Å². The first-order chi connectivity index (χ1) is 20.3. The van der Waals surface area contributed by atoms with Crippen LogP contribution in [-0.2, 0) is 27.8 Å². The summed E-state index contributed by atoms with van der Waals surface area (Å²) in [6, 6.07) is 10.0. The molecule has 220 valence electrons. The van der Waals surface area contributed by atoms with Crippen molar-refractivity contribution in [3.8, 4) is 12.1 Å². The van der Waals surface area contributed by atoms with Gasteiger partial charge in [0, 0.05) is 38.6 Å². The van der Waals surface area contributed by atoms with Crippen molar-refractivity contribution in [3.63, 3.8) is 0 Å². The van der Waals surface area contributed by atoms with E-state index in [1.54, 1.807) is 4.90 Å². The van der Waals surface area contributed by atoms with Crippen LogP contribution in [0.15, 0.2) is 36.9 Å². The summed E-state index contributed by atoms with van der Waals surface area (Å²) in [7, 11) is 1.88. The molecule has 0 unspecified atom stereocenters. The fourth-order valence-corrected chi connectivity index (χ4v) is 7.07. The number of likely N-dealkylation sites (tertiary alicyclic amines) is 1. The molecule has 4 atom stereocenters. The first-order valence-corrected chi connectivity index (χ1v) is 14.7. The molecule has 2 aromatic rings. The average Bonchev–Trinajstić information content (AvgIpc) is 3.32. The van der Waals surface area contributed by atoms with Crippen LogP contribution in [0.1, 0.15) is 42.5 Å². The number of piperazine rings is 1. The SMILES string of the molecule is C=CC(=O)N1CCN(c2nc(OC[C@@H]3C[C@@H](F)CN3C)nc3c2NC(=O)[C@@]2(CCCc4ccccc42)C3)C[C@@H]1CC#N. The molecule has 11 heteroatoms. The Morgan fingerprint density at radius 2 is 2.12 bits per heavy atom. The van der Waals surface area contributed by atoms with Crippen LogP contribution < -0.4 is 15.0 Å². The Bertz CT molecular complexity index is 1440. The van der Waals surface area contributed by atoms with Crippen LogP contribution in [0.2, 0.25) is 0 Å². The third-order valence-corrected chi connectivity index (χ3v) is 9.28. The Balaban J connectivity index is 1.37. The minimum Gasteiger partial charge on any atom is -0.462 e. The summed E-state index contributed by atoms with van der Waals surface area (Å²) in [4.78, 5) is 41.7. The lowest BCUT2D eigenvalue weighted by Gasteiger charge is -2.44. The lowest BCUT2D eigenvalue weighted by molar-refractivity contribution is -0.128. The standard InChI is InChI=1S/C31H36FN7O3/c1-3-26(40)39-14-13-38(18-22(39)10-12-33)28-27-25(34-30(36-28)42-19-23-15-21(32)17-37(23)2)16-31(29(41)35-27)11-6-8-20-7-4-5-9-24(20)31/h3-5,7,9,21-23H,1,6,8,10-11,13-19H2,2H3,(H,35,41)/t21-,22+,23+,31+/m1/s1. The summed E-state index contributed by atoms with van der Waals surface area (Å²) in [5, 5.41) is 12.7. The zero-order chi connectivity index (χ0) is 29.4. The minimum absolute atomic E-state index is 0.0729. The lowest BCUT2D eigenvalue weighted by Crippen LogP contribution is -2.55. The monoisotopic (exact) mass is 573 g/mol. The molecule has 42 heavy (non-hydrogen) atoms. The van der Waals surface area contributed by atoms with Gasteiger partial charge in [0.25, 0.3) is 0 Å². The van der Waals surface area contributed by atoms with E-state index in [1.807, 2.05) is 35.0 Å². The van der Waals surface area contributed by atoms with Crippen molar-refractivity contribution < 1.29 is 18.7 Å². The quantitative estimate of drug-likeness (QED) is 0.525. The number of benzene rings is 1. The number of carbonyl (C=O) groups excluding carboxylic acids is 2. The number of nitrogens with zero attached hydrogens (tertiary/aromatic N) is 6. The molecule has 3 aliphatic heterocycles. The number of alkyl halides is 1. The maximum Gasteiger partial charge on any atom is 0.318 e. The molecule has 2 amide bonds. The number of likely N-dealkylation sites (N-methyl/N-ethyl adjacent to an activating group) is 1. The molecule has 0 bridgehead atoms. The van der Waals surface area contributed by atoms with Gasteiger partial charge in [0.15, 0.2) is 5.82 Å². The van der Waals surface area contributed by atoms with Crippen LogP contribution in [-0.4, -0.2) is 89.7 Å². The second-order valence-corrected chi connectivity index (χ2v) is 11.8. The number of amides is 2. The van der Waals surface area contributed by atoms with Gasteiger partial charge in [0.2, 0.25) is 11.8 Å². The van der Waals surface area contributed by atoms with Crippen molar-refractivity contribution in [1.82, 2.24) is 19.8 Å². The second-order valence-electron chi connectivity index (χ2n) is 11.8. The van der Waals surface area contributed by atoms with Crippen molar-refractivity contribution >= 4 is 23.3 Å². The zero-order valence-electron chi connectivity index (χ0n) is 23.9. The van der Waals surface area contributed by atoms with E-state index in [4.69, 9.17) is 14.7 Å². The number of aryl methyl sites for hydroxylation is 1. The third-order valence-electron chi connectivity index (χ3n) is 9.28. The largest absolute Gasteiger partial charge is 0.462 e. The molecule has 1 aliphatic carbocycles. The highest BCUT2D eigenvalue weighted by Gasteiger charge is 2.48. The third kappa shape index (κ3) is 4.98. The number of ether oxygens (including phenoxy) is 1. The molecule has 0 radical (unpaired) electrons. The van der Waals surface area contributed by atoms with Crippen LogP contribution in [0.4, 0.5) is 15.9 Å². The predicted molar refractivity (Wildman–Crippen MR) is 155 cm³/mol. The van der Waals surface area contributed by atoms with Gasteiger partial charge in [-0.05, 0) is 49.9 Å². The van der Waals surface area contributed by atoms with E-state index in [0.717, 1.165) is 18.4 Å². The van der Waals surface area contributed by atoms with Gasteiger partial charge in [-0.15, -0.1) is 0 Å². The van der Waals surface area contributed by atoms with E-state index in [2.05, 4.69) is 24.0 Å². The van der Waals surface area contributed by atoms with Crippen molar-refractivity contribution in [3.05, 3.63) is 53.7 Å². The second kappa shape index (κ2) is 11.3. The number of hydrogen-bond donors (Lipinski definition) is 1. The number of anilines is 2. The smallest absolute Gasteiger partial charge is 0.318 e. The maximum atomic E-state index is 14.0. The normalized spacial score (nSPS) is 27.2. The number of fused-ring (bicyclic) bond motifs is 3. The molecule has 6 rings (SSSR count). The van der Waals surface area contributed by atoms with Gasteiger partial charge >= 0.3 is 6.01 Å². The Kier molecular flexibility index (Phi) is 7.58. The number of carbonyl (C=O) groups is 2. The molecule has 1 aromatic heterocycles. The Hall–Kier alpha value is -4.04. The Morgan fingerprint density at radius 3 is 2.88 bits per heavy atom. The highest BCUT2D eigenvalue weighted by Crippen LogP contribution is 2.46. The van der Waals surface area contributed by atoms with Gasteiger partial charge in [-0.25, -0.2) is 4.39 Å². The van der Waals surface area contributed by atoms with E-state index >= 15 is 0 Å². The summed E-state index contributed by atoms with van der Waals surface area (Å²) in [6.07, 6.45) is 3.86. The van der Waals surface area contributed by atoms with E-state index in [1.165, 1.54) is 11.6 Å². The van der Waals surface area contributed by atoms with Crippen molar-refractivity contribution in [1.29, 1.82) is 5.26 Å². The number of aromatic nitrogens is 2. The molecule has 4 heterocycles. The molecule has 0 saturated carbocycles. The summed E-state index contributed by atoms with van der Waals surface area (Å²) < 4.78 is 20.2. The van der Waals surface area contributed by atoms with Gasteiger partial charge in [-0.1, -0.05) is 30.8 Å². The highest BCUT2D eigenvalue weighted by molar-refractivity contribution is 6.04. The summed E-state index contributed by atoms with van der Waals surface area (Å²) in [6.45, 7) is 5.40. The molecule has 2 fully saturated rings. The minimum atomic E-state index is -0.892. The van der Waals surface area contributed by atoms with Crippen molar-refractivity contribution in [2.75, 3.05) is 50.1 Å². The summed E-state index contributed by atoms with van der Waals surface area (Å²) in [5.41, 5.74) is 2.71. The molecule has 2 saturated heterocycles. The maximum absolute atomic E-state index is 14.0. The zero-order valence-corrected chi connectivity index (χ0v) is 23.9. The first-order valence-electron chi connectivity index (χ1n) is 14.7. The van der Waals surface area contributed by atoms with Gasteiger partial charge in [-0.3, -0.25) is 14.5 Å². The molecule has 4 aliphatic rings. The summed E-state index contributed by atoms with van der Waals surface area (Å²) in [5.74, 6) is 0.220. The topological polar surface area (TPSA) is 115 Å². The van der Waals surface area contributed by atoms with E-state index < -0.39 is 11.6 Å². The average molecular weight is 574 g/mol.